The van der Waals surface area contributed by atoms with Gasteiger partial charge in [-0.15, -0.1) is 0 Å². The SMILES string of the molecule is O=c1[nH]c(=O)n(CCC2=CCCCC2)c(O)c1C=NCC1CCCO1. The van der Waals surface area contributed by atoms with Gasteiger partial charge in [-0.3, -0.25) is 19.3 Å². The first kappa shape index (κ1) is 17.7. The van der Waals surface area contributed by atoms with Crippen molar-refractivity contribution >= 4 is 6.21 Å². The van der Waals surface area contributed by atoms with E-state index in [9.17, 15) is 14.7 Å². The smallest absolute Gasteiger partial charge is 0.331 e. The van der Waals surface area contributed by atoms with Gasteiger partial charge in [0.15, 0.2) is 0 Å². The van der Waals surface area contributed by atoms with Crippen molar-refractivity contribution in [2.45, 2.75) is 57.6 Å². The number of aromatic amines is 1. The van der Waals surface area contributed by atoms with E-state index in [2.05, 4.69) is 16.1 Å². The molecule has 2 heterocycles. The van der Waals surface area contributed by atoms with E-state index in [0.29, 0.717) is 19.5 Å². The maximum absolute atomic E-state index is 12.0. The van der Waals surface area contributed by atoms with E-state index in [4.69, 9.17) is 4.74 Å². The molecule has 7 heteroatoms. The van der Waals surface area contributed by atoms with E-state index in [1.54, 1.807) is 0 Å². The number of rotatable bonds is 6. The van der Waals surface area contributed by atoms with Crippen LogP contribution in [0.4, 0.5) is 0 Å². The zero-order valence-electron chi connectivity index (χ0n) is 14.4. The standard InChI is InChI=1S/C18H25N3O4/c22-16-15(12-19-11-14-7-4-10-25-14)17(23)21(18(24)20-16)9-8-13-5-2-1-3-6-13/h5,12,14,23H,1-4,6-11H2,(H,20,22,24). The van der Waals surface area contributed by atoms with Gasteiger partial charge in [-0.05, 0) is 44.9 Å². The van der Waals surface area contributed by atoms with Gasteiger partial charge >= 0.3 is 5.69 Å². The Hall–Kier alpha value is -2.15. The van der Waals surface area contributed by atoms with E-state index in [1.165, 1.54) is 29.2 Å². The van der Waals surface area contributed by atoms with Gasteiger partial charge in [0.2, 0.25) is 5.88 Å². The second kappa shape index (κ2) is 8.29. The summed E-state index contributed by atoms with van der Waals surface area (Å²) in [6.07, 6.45) is 10.8. The fraction of sp³-hybridized carbons (Fsp3) is 0.611. The van der Waals surface area contributed by atoms with Gasteiger partial charge in [-0.2, -0.15) is 0 Å². The minimum Gasteiger partial charge on any atom is -0.494 e. The monoisotopic (exact) mass is 347 g/mol. The lowest BCUT2D eigenvalue weighted by molar-refractivity contribution is 0.118. The molecular formula is C18H25N3O4. The van der Waals surface area contributed by atoms with Gasteiger partial charge in [0, 0.05) is 19.4 Å². The Morgan fingerprint density at radius 3 is 2.96 bits per heavy atom. The van der Waals surface area contributed by atoms with Gasteiger partial charge in [-0.1, -0.05) is 11.6 Å². The quantitative estimate of drug-likeness (QED) is 0.605. The number of allylic oxidation sites excluding steroid dienone is 2. The molecule has 0 spiro atoms. The van der Waals surface area contributed by atoms with Crippen LogP contribution >= 0.6 is 0 Å². The average Bonchev–Trinajstić information content (AvgIpc) is 3.12. The molecule has 0 radical (unpaired) electrons. The molecule has 1 aliphatic carbocycles. The lowest BCUT2D eigenvalue weighted by Gasteiger charge is -2.14. The van der Waals surface area contributed by atoms with Crippen molar-refractivity contribution in [1.29, 1.82) is 0 Å². The van der Waals surface area contributed by atoms with E-state index in [0.717, 1.165) is 32.3 Å². The number of H-pyrrole nitrogens is 1. The first-order chi connectivity index (χ1) is 12.1. The summed E-state index contributed by atoms with van der Waals surface area (Å²) >= 11 is 0. The fourth-order valence-corrected chi connectivity index (χ4v) is 3.34. The predicted octanol–water partition coefficient (Wildman–Crippen LogP) is 1.73. The Balaban J connectivity index is 1.74. The van der Waals surface area contributed by atoms with Crippen molar-refractivity contribution in [2.24, 2.45) is 4.99 Å². The molecule has 1 aliphatic heterocycles. The van der Waals surface area contributed by atoms with Crippen LogP contribution in [0.5, 0.6) is 5.88 Å². The second-order valence-electron chi connectivity index (χ2n) is 6.64. The molecule has 2 N–H and O–H groups in total. The summed E-state index contributed by atoms with van der Waals surface area (Å²) in [5.41, 5.74) is 0.120. The number of hydrogen-bond donors (Lipinski definition) is 2. The summed E-state index contributed by atoms with van der Waals surface area (Å²) in [5.74, 6) is -0.318. The Labute approximate surface area is 146 Å². The molecule has 1 atom stereocenters. The Bertz CT molecular complexity index is 770. The Kier molecular flexibility index (Phi) is 5.86. The molecule has 2 aliphatic rings. The highest BCUT2D eigenvalue weighted by Gasteiger charge is 2.16. The minimum atomic E-state index is -0.619. The van der Waals surface area contributed by atoms with Gasteiger partial charge in [0.05, 0.1) is 12.6 Å². The zero-order chi connectivity index (χ0) is 17.6. The van der Waals surface area contributed by atoms with Crippen molar-refractivity contribution in [2.75, 3.05) is 13.2 Å². The first-order valence-corrected chi connectivity index (χ1v) is 9.00. The minimum absolute atomic E-state index is 0.0234. The molecule has 7 nitrogen and oxygen atoms in total. The summed E-state index contributed by atoms with van der Waals surface area (Å²) in [7, 11) is 0. The van der Waals surface area contributed by atoms with Crippen LogP contribution in [0, 0.1) is 0 Å². The molecule has 0 aromatic carbocycles. The van der Waals surface area contributed by atoms with Gasteiger partial charge in [-0.25, -0.2) is 4.79 Å². The number of ether oxygens (including phenoxy) is 1. The van der Waals surface area contributed by atoms with E-state index < -0.39 is 11.2 Å². The molecule has 0 saturated carbocycles. The van der Waals surface area contributed by atoms with Crippen LogP contribution in [0.3, 0.4) is 0 Å². The maximum Gasteiger partial charge on any atom is 0.331 e. The van der Waals surface area contributed by atoms with Crippen LogP contribution in [0.1, 0.15) is 50.5 Å². The van der Waals surface area contributed by atoms with Crippen molar-refractivity contribution in [3.05, 3.63) is 38.1 Å². The maximum atomic E-state index is 12.0. The van der Waals surface area contributed by atoms with Crippen molar-refractivity contribution in [1.82, 2.24) is 9.55 Å². The highest BCUT2D eigenvalue weighted by atomic mass is 16.5. The van der Waals surface area contributed by atoms with Crippen LogP contribution in [-0.2, 0) is 11.3 Å². The third-order valence-corrected chi connectivity index (χ3v) is 4.80. The Morgan fingerprint density at radius 1 is 1.36 bits per heavy atom. The lowest BCUT2D eigenvalue weighted by Crippen LogP contribution is -2.32. The number of aliphatic imine (C=N–C) groups is 1. The normalized spacial score (nSPS) is 21.0. The number of nitrogens with zero attached hydrogens (tertiary/aromatic N) is 2. The molecule has 0 amide bonds. The fourth-order valence-electron chi connectivity index (χ4n) is 3.34. The van der Waals surface area contributed by atoms with Crippen LogP contribution in [0.2, 0.25) is 0 Å². The summed E-state index contributed by atoms with van der Waals surface area (Å²) in [4.78, 5) is 30.5. The second-order valence-corrected chi connectivity index (χ2v) is 6.64. The molecule has 136 valence electrons. The molecule has 1 aromatic rings. The molecule has 1 saturated heterocycles. The first-order valence-electron chi connectivity index (χ1n) is 9.00. The summed E-state index contributed by atoms with van der Waals surface area (Å²) in [6, 6.07) is 0. The summed E-state index contributed by atoms with van der Waals surface area (Å²) in [5, 5.41) is 10.4. The zero-order valence-corrected chi connectivity index (χ0v) is 14.4. The number of nitrogens with one attached hydrogen (secondary N) is 1. The lowest BCUT2D eigenvalue weighted by atomic mass is 9.97. The van der Waals surface area contributed by atoms with Gasteiger partial charge in [0.1, 0.15) is 5.56 Å². The Morgan fingerprint density at radius 2 is 2.24 bits per heavy atom. The molecule has 0 bridgehead atoms. The van der Waals surface area contributed by atoms with E-state index in [1.807, 2.05) is 0 Å². The van der Waals surface area contributed by atoms with Crippen molar-refractivity contribution in [3.63, 3.8) is 0 Å². The highest BCUT2D eigenvalue weighted by Crippen LogP contribution is 2.21. The number of aromatic hydroxyl groups is 1. The van der Waals surface area contributed by atoms with Crippen molar-refractivity contribution in [3.8, 4) is 5.88 Å². The summed E-state index contributed by atoms with van der Waals surface area (Å²) < 4.78 is 6.69. The highest BCUT2D eigenvalue weighted by molar-refractivity contribution is 5.81. The van der Waals surface area contributed by atoms with E-state index in [-0.39, 0.29) is 17.5 Å². The third-order valence-electron chi connectivity index (χ3n) is 4.80. The molecule has 1 unspecified atom stereocenters. The number of hydrogen-bond acceptors (Lipinski definition) is 5. The van der Waals surface area contributed by atoms with Crippen LogP contribution in [-0.4, -0.2) is 40.1 Å². The van der Waals surface area contributed by atoms with Crippen molar-refractivity contribution < 1.29 is 9.84 Å². The van der Waals surface area contributed by atoms with E-state index >= 15 is 0 Å². The van der Waals surface area contributed by atoms with Gasteiger partial charge in [0.25, 0.3) is 5.56 Å². The molecular weight excluding hydrogens is 322 g/mol. The predicted molar refractivity (Wildman–Crippen MR) is 95.6 cm³/mol. The topological polar surface area (TPSA) is 96.7 Å². The molecule has 25 heavy (non-hydrogen) atoms. The largest absolute Gasteiger partial charge is 0.494 e. The number of aromatic nitrogens is 2. The molecule has 1 fully saturated rings. The summed E-state index contributed by atoms with van der Waals surface area (Å²) in [6.45, 7) is 1.54. The van der Waals surface area contributed by atoms with Crippen LogP contribution in [0.25, 0.3) is 0 Å². The van der Waals surface area contributed by atoms with Gasteiger partial charge < -0.3 is 9.84 Å². The van der Waals surface area contributed by atoms with Crippen LogP contribution in [0.15, 0.2) is 26.2 Å². The van der Waals surface area contributed by atoms with Crippen LogP contribution < -0.4 is 11.2 Å². The average molecular weight is 347 g/mol. The molecule has 3 rings (SSSR count). The molecule has 1 aromatic heterocycles. The third kappa shape index (κ3) is 4.48.